The minimum atomic E-state index is -0.440. The molecule has 3 rings (SSSR count). The minimum Gasteiger partial charge on any atom is -0.454 e. The fourth-order valence-corrected chi connectivity index (χ4v) is 2.81. The van der Waals surface area contributed by atoms with Crippen molar-refractivity contribution < 1.29 is 19.2 Å². The monoisotopic (exact) mass is 427 g/mol. The number of aliphatic imine (C=N–C) groups is 1. The van der Waals surface area contributed by atoms with E-state index in [1.807, 2.05) is 18.2 Å². The maximum Gasteiger partial charge on any atom is 0.269 e. The highest BCUT2D eigenvalue weighted by molar-refractivity contribution is 5.86. The third-order valence-electron chi connectivity index (χ3n) is 4.62. The highest BCUT2D eigenvalue weighted by Gasteiger charge is 2.13. The summed E-state index contributed by atoms with van der Waals surface area (Å²) < 4.78 is 10.7. The first kappa shape index (κ1) is 21.9. The van der Waals surface area contributed by atoms with Crippen LogP contribution in [0.1, 0.15) is 11.1 Å². The molecule has 10 nitrogen and oxygen atoms in total. The lowest BCUT2D eigenvalue weighted by Crippen LogP contribution is -2.43. The standard InChI is InChI=1S/C21H25N5O5/c1-25(2)20(27)13-24-21(23-12-16-3-6-17(7-4-16)26(28)29)22-10-9-15-5-8-18-19(11-15)31-14-30-18/h3-8,11H,9-10,12-14H2,1-2H3,(H2,22,23,24). The van der Waals surface area contributed by atoms with Gasteiger partial charge in [-0.2, -0.15) is 0 Å². The molecule has 2 aromatic carbocycles. The Bertz CT molecular complexity index is 959. The smallest absolute Gasteiger partial charge is 0.269 e. The molecular weight excluding hydrogens is 402 g/mol. The van der Waals surface area contributed by atoms with E-state index in [0.717, 1.165) is 29.0 Å². The van der Waals surface area contributed by atoms with Gasteiger partial charge in [-0.3, -0.25) is 14.9 Å². The quantitative estimate of drug-likeness (QED) is 0.285. The van der Waals surface area contributed by atoms with Crippen LogP contribution in [0, 0.1) is 10.1 Å². The van der Waals surface area contributed by atoms with Crippen molar-refractivity contribution in [2.24, 2.45) is 4.99 Å². The number of nitrogens with zero attached hydrogens (tertiary/aromatic N) is 3. The molecule has 1 aliphatic heterocycles. The molecule has 0 bridgehead atoms. The molecule has 2 N–H and O–H groups in total. The van der Waals surface area contributed by atoms with E-state index >= 15 is 0 Å². The van der Waals surface area contributed by atoms with Gasteiger partial charge >= 0.3 is 0 Å². The number of hydrogen-bond acceptors (Lipinski definition) is 6. The second-order valence-electron chi connectivity index (χ2n) is 7.09. The van der Waals surface area contributed by atoms with Gasteiger partial charge in [0.25, 0.3) is 5.69 Å². The lowest BCUT2D eigenvalue weighted by molar-refractivity contribution is -0.384. The van der Waals surface area contributed by atoms with Crippen LogP contribution < -0.4 is 20.1 Å². The van der Waals surface area contributed by atoms with Gasteiger partial charge < -0.3 is 25.0 Å². The Morgan fingerprint density at radius 1 is 1.10 bits per heavy atom. The average molecular weight is 427 g/mol. The van der Waals surface area contributed by atoms with Gasteiger partial charge in [0.05, 0.1) is 18.0 Å². The van der Waals surface area contributed by atoms with E-state index in [1.165, 1.54) is 17.0 Å². The summed E-state index contributed by atoms with van der Waals surface area (Å²) in [4.78, 5) is 28.3. The van der Waals surface area contributed by atoms with Gasteiger partial charge in [-0.1, -0.05) is 18.2 Å². The Balaban J connectivity index is 1.60. The summed E-state index contributed by atoms with van der Waals surface area (Å²) in [7, 11) is 3.37. The number of carbonyl (C=O) groups excluding carboxylic acids is 1. The Morgan fingerprint density at radius 3 is 2.52 bits per heavy atom. The number of guanidine groups is 1. The van der Waals surface area contributed by atoms with Crippen LogP contribution in [0.3, 0.4) is 0 Å². The first-order valence-corrected chi connectivity index (χ1v) is 9.76. The Kier molecular flexibility index (Phi) is 7.26. The third kappa shape index (κ3) is 6.33. The van der Waals surface area contributed by atoms with E-state index in [4.69, 9.17) is 9.47 Å². The highest BCUT2D eigenvalue weighted by atomic mass is 16.7. The molecule has 10 heteroatoms. The van der Waals surface area contributed by atoms with Gasteiger partial charge in [-0.25, -0.2) is 4.99 Å². The molecule has 1 amide bonds. The van der Waals surface area contributed by atoms with Crippen molar-refractivity contribution >= 4 is 17.6 Å². The molecule has 0 spiro atoms. The van der Waals surface area contributed by atoms with Gasteiger partial charge in [-0.15, -0.1) is 0 Å². The first-order valence-electron chi connectivity index (χ1n) is 9.76. The molecule has 31 heavy (non-hydrogen) atoms. The van der Waals surface area contributed by atoms with Crippen LogP contribution in [0.2, 0.25) is 0 Å². The normalized spacial score (nSPS) is 12.4. The minimum absolute atomic E-state index is 0.0320. The summed E-state index contributed by atoms with van der Waals surface area (Å²) in [5, 5.41) is 17.0. The highest BCUT2D eigenvalue weighted by Crippen LogP contribution is 2.32. The number of benzene rings is 2. The average Bonchev–Trinajstić information content (AvgIpc) is 3.23. The molecule has 1 heterocycles. The largest absolute Gasteiger partial charge is 0.454 e. The molecule has 0 unspecified atom stereocenters. The molecule has 1 aliphatic rings. The number of non-ortho nitro benzene ring substituents is 1. The summed E-state index contributed by atoms with van der Waals surface area (Å²) in [6.45, 7) is 1.23. The van der Waals surface area contributed by atoms with E-state index in [0.29, 0.717) is 19.0 Å². The molecular formula is C21H25N5O5. The van der Waals surface area contributed by atoms with Gasteiger partial charge in [0.1, 0.15) is 0 Å². The number of nitrogens with one attached hydrogen (secondary N) is 2. The van der Waals surface area contributed by atoms with E-state index in [9.17, 15) is 14.9 Å². The fraction of sp³-hybridized carbons (Fsp3) is 0.333. The van der Waals surface area contributed by atoms with Crippen molar-refractivity contribution in [2.45, 2.75) is 13.0 Å². The van der Waals surface area contributed by atoms with Crippen molar-refractivity contribution in [3.05, 3.63) is 63.7 Å². The topological polar surface area (TPSA) is 118 Å². The molecule has 0 fully saturated rings. The second-order valence-corrected chi connectivity index (χ2v) is 7.09. The molecule has 0 aliphatic carbocycles. The predicted molar refractivity (Wildman–Crippen MR) is 115 cm³/mol. The first-order chi connectivity index (χ1) is 14.9. The van der Waals surface area contributed by atoms with Gasteiger partial charge in [0.15, 0.2) is 17.5 Å². The SMILES string of the molecule is CN(C)C(=O)CNC(=NCc1ccc([N+](=O)[O-])cc1)NCCc1ccc2c(c1)OCO2. The molecule has 0 saturated heterocycles. The van der Waals surface area contributed by atoms with Crippen molar-refractivity contribution in [3.63, 3.8) is 0 Å². The number of hydrogen-bond donors (Lipinski definition) is 2. The van der Waals surface area contributed by atoms with Crippen LogP contribution in [0.15, 0.2) is 47.5 Å². The van der Waals surface area contributed by atoms with Gasteiger partial charge in [0, 0.05) is 32.8 Å². The van der Waals surface area contributed by atoms with E-state index < -0.39 is 4.92 Å². The molecule has 0 saturated carbocycles. The Labute approximate surface area is 180 Å². The second kappa shape index (κ2) is 10.3. The summed E-state index contributed by atoms with van der Waals surface area (Å²) >= 11 is 0. The maximum absolute atomic E-state index is 11.9. The zero-order valence-electron chi connectivity index (χ0n) is 17.5. The van der Waals surface area contributed by atoms with Gasteiger partial charge in [-0.05, 0) is 29.7 Å². The molecule has 164 valence electrons. The van der Waals surface area contributed by atoms with Crippen LogP contribution in [0.5, 0.6) is 11.5 Å². The van der Waals surface area contributed by atoms with Gasteiger partial charge in [0.2, 0.25) is 12.7 Å². The lowest BCUT2D eigenvalue weighted by Gasteiger charge is -2.15. The van der Waals surface area contributed by atoms with Crippen molar-refractivity contribution in [3.8, 4) is 11.5 Å². The number of fused-ring (bicyclic) bond motifs is 1. The van der Waals surface area contributed by atoms with Crippen LogP contribution >= 0.6 is 0 Å². The van der Waals surface area contributed by atoms with E-state index in [2.05, 4.69) is 15.6 Å². The number of nitro groups is 1. The summed E-state index contributed by atoms with van der Waals surface area (Å²) in [6, 6.07) is 12.0. The number of likely N-dealkylation sites (N-methyl/N-ethyl adjacent to an activating group) is 1. The zero-order chi connectivity index (χ0) is 22.2. The lowest BCUT2D eigenvalue weighted by atomic mass is 10.1. The number of nitro benzene ring substituents is 1. The number of amides is 1. The van der Waals surface area contributed by atoms with Crippen molar-refractivity contribution in [2.75, 3.05) is 34.0 Å². The summed E-state index contributed by atoms with van der Waals surface area (Å²) in [5.74, 6) is 1.88. The molecule has 0 radical (unpaired) electrons. The van der Waals surface area contributed by atoms with Crippen LogP contribution in [-0.2, 0) is 17.8 Å². The van der Waals surface area contributed by atoms with Crippen LogP contribution in [0.25, 0.3) is 0 Å². The Hall–Kier alpha value is -3.82. The predicted octanol–water partition coefficient (Wildman–Crippen LogP) is 1.69. The van der Waals surface area contributed by atoms with E-state index in [1.54, 1.807) is 26.2 Å². The van der Waals surface area contributed by atoms with Crippen LogP contribution in [0.4, 0.5) is 5.69 Å². The maximum atomic E-state index is 11.9. The fourth-order valence-electron chi connectivity index (χ4n) is 2.81. The number of ether oxygens (including phenoxy) is 2. The molecule has 0 aromatic heterocycles. The summed E-state index contributed by atoms with van der Waals surface area (Å²) in [5.41, 5.74) is 1.93. The number of carbonyl (C=O) groups is 1. The van der Waals surface area contributed by atoms with Crippen molar-refractivity contribution in [1.82, 2.24) is 15.5 Å². The van der Waals surface area contributed by atoms with E-state index in [-0.39, 0.29) is 24.9 Å². The molecule has 2 aromatic rings. The zero-order valence-corrected chi connectivity index (χ0v) is 17.5. The number of rotatable bonds is 8. The molecule has 0 atom stereocenters. The Morgan fingerprint density at radius 2 is 1.81 bits per heavy atom. The third-order valence-corrected chi connectivity index (χ3v) is 4.62. The van der Waals surface area contributed by atoms with Crippen LogP contribution in [-0.4, -0.2) is 55.7 Å². The summed E-state index contributed by atoms with van der Waals surface area (Å²) in [6.07, 6.45) is 0.719. The van der Waals surface area contributed by atoms with Crippen molar-refractivity contribution in [1.29, 1.82) is 0 Å².